The Morgan fingerprint density at radius 2 is 1.96 bits per heavy atom. The van der Waals surface area contributed by atoms with E-state index >= 15 is 0 Å². The molecule has 2 N–H and O–H groups in total. The number of ether oxygens (including phenoxy) is 2. The predicted octanol–water partition coefficient (Wildman–Crippen LogP) is 2.80. The Bertz CT molecular complexity index is 640. The first kappa shape index (κ1) is 15.5. The number of benzene rings is 2. The summed E-state index contributed by atoms with van der Waals surface area (Å²) in [4.78, 5) is 12.2. The normalized spacial score (nSPS) is 17.5. The van der Waals surface area contributed by atoms with E-state index in [-0.39, 0.29) is 12.0 Å². The van der Waals surface area contributed by atoms with E-state index in [1.165, 1.54) is 0 Å². The minimum absolute atomic E-state index is 0.0778. The Kier molecular flexibility index (Phi) is 5.24. The highest BCUT2D eigenvalue weighted by molar-refractivity contribution is 5.92. The summed E-state index contributed by atoms with van der Waals surface area (Å²) in [6, 6.07) is 16.9. The Labute approximate surface area is 135 Å². The van der Waals surface area contributed by atoms with Gasteiger partial charge in [-0.05, 0) is 24.3 Å². The van der Waals surface area contributed by atoms with Crippen molar-refractivity contribution < 1.29 is 14.3 Å². The van der Waals surface area contributed by atoms with Crippen molar-refractivity contribution in [3.05, 3.63) is 54.6 Å². The van der Waals surface area contributed by atoms with E-state index in [2.05, 4.69) is 10.6 Å². The Balaban J connectivity index is 1.64. The van der Waals surface area contributed by atoms with Crippen LogP contribution in [0.5, 0.6) is 11.5 Å². The van der Waals surface area contributed by atoms with Crippen molar-refractivity contribution in [2.45, 2.75) is 12.5 Å². The number of hydrogen-bond acceptors (Lipinski definition) is 4. The third-order valence-electron chi connectivity index (χ3n) is 3.55. The van der Waals surface area contributed by atoms with E-state index in [0.717, 1.165) is 12.3 Å². The zero-order chi connectivity index (χ0) is 15.9. The molecule has 0 bridgehead atoms. The fourth-order valence-corrected chi connectivity index (χ4v) is 2.43. The van der Waals surface area contributed by atoms with E-state index in [1.54, 1.807) is 0 Å². The predicted molar refractivity (Wildman–Crippen MR) is 88.8 cm³/mol. The molecule has 2 aromatic carbocycles. The Morgan fingerprint density at radius 1 is 1.17 bits per heavy atom. The van der Waals surface area contributed by atoms with Gasteiger partial charge in [0, 0.05) is 13.1 Å². The number of para-hydroxylation sites is 3. The van der Waals surface area contributed by atoms with Crippen molar-refractivity contribution in [3.63, 3.8) is 0 Å². The largest absolute Gasteiger partial charge is 0.455 e. The molecule has 1 amide bonds. The van der Waals surface area contributed by atoms with Gasteiger partial charge in [0.05, 0.1) is 24.8 Å². The molecule has 5 heteroatoms. The van der Waals surface area contributed by atoms with Crippen LogP contribution in [-0.2, 0) is 9.53 Å². The number of carbonyl (C=O) groups is 1. The first-order valence-corrected chi connectivity index (χ1v) is 7.75. The van der Waals surface area contributed by atoms with Crippen molar-refractivity contribution in [3.8, 4) is 11.5 Å². The lowest BCUT2D eigenvalue weighted by atomic mass is 10.2. The molecule has 1 aliphatic rings. The highest BCUT2D eigenvalue weighted by Gasteiger charge is 2.18. The van der Waals surface area contributed by atoms with Crippen molar-refractivity contribution in [1.29, 1.82) is 0 Å². The third-order valence-corrected chi connectivity index (χ3v) is 3.55. The van der Waals surface area contributed by atoms with Gasteiger partial charge in [0.15, 0.2) is 5.75 Å². The van der Waals surface area contributed by atoms with E-state index in [9.17, 15) is 4.79 Å². The molecule has 0 saturated carbocycles. The maximum Gasteiger partial charge on any atom is 0.227 e. The molecule has 120 valence electrons. The van der Waals surface area contributed by atoms with E-state index in [0.29, 0.717) is 31.0 Å². The lowest BCUT2D eigenvalue weighted by Gasteiger charge is -2.23. The van der Waals surface area contributed by atoms with Crippen LogP contribution in [0.25, 0.3) is 0 Å². The molecule has 1 atom stereocenters. The monoisotopic (exact) mass is 312 g/mol. The first-order valence-electron chi connectivity index (χ1n) is 7.75. The Morgan fingerprint density at radius 3 is 2.74 bits per heavy atom. The van der Waals surface area contributed by atoms with Gasteiger partial charge in [0.1, 0.15) is 5.75 Å². The zero-order valence-electron chi connectivity index (χ0n) is 12.8. The highest BCUT2D eigenvalue weighted by Crippen LogP contribution is 2.29. The lowest BCUT2D eigenvalue weighted by Crippen LogP contribution is -2.40. The summed E-state index contributed by atoms with van der Waals surface area (Å²) in [6.45, 7) is 2.19. The molecule has 0 aliphatic carbocycles. The molecule has 1 aliphatic heterocycles. The fraction of sp³-hybridized carbons (Fsp3) is 0.278. The molecule has 2 aromatic rings. The summed E-state index contributed by atoms with van der Waals surface area (Å²) in [5.74, 6) is 1.27. The average molecular weight is 312 g/mol. The topological polar surface area (TPSA) is 59.6 Å². The lowest BCUT2D eigenvalue weighted by molar-refractivity contribution is -0.119. The summed E-state index contributed by atoms with van der Waals surface area (Å²) < 4.78 is 11.4. The Hall–Kier alpha value is -2.37. The molecule has 5 nitrogen and oxygen atoms in total. The van der Waals surface area contributed by atoms with Gasteiger partial charge in [-0.15, -0.1) is 0 Å². The van der Waals surface area contributed by atoms with Crippen molar-refractivity contribution in [2.75, 3.05) is 25.0 Å². The summed E-state index contributed by atoms with van der Waals surface area (Å²) in [6.07, 6.45) is 0.248. The second-order valence-corrected chi connectivity index (χ2v) is 5.36. The van der Waals surface area contributed by atoms with E-state index in [1.807, 2.05) is 54.6 Å². The second-order valence-electron chi connectivity index (χ2n) is 5.36. The van der Waals surface area contributed by atoms with Crippen LogP contribution in [-0.4, -0.2) is 31.7 Å². The molecule has 3 rings (SSSR count). The van der Waals surface area contributed by atoms with Gasteiger partial charge in [-0.3, -0.25) is 4.79 Å². The van der Waals surface area contributed by atoms with Crippen LogP contribution in [0, 0.1) is 0 Å². The van der Waals surface area contributed by atoms with Gasteiger partial charge in [0.25, 0.3) is 0 Å². The van der Waals surface area contributed by atoms with Gasteiger partial charge >= 0.3 is 0 Å². The van der Waals surface area contributed by atoms with Gasteiger partial charge in [-0.1, -0.05) is 30.3 Å². The molecule has 1 saturated heterocycles. The minimum Gasteiger partial charge on any atom is -0.455 e. The van der Waals surface area contributed by atoms with Crippen LogP contribution in [0.1, 0.15) is 6.42 Å². The SMILES string of the molecule is O=C(CC1CNCCO1)Nc1ccccc1Oc1ccccc1. The number of carbonyl (C=O) groups excluding carboxylic acids is 1. The van der Waals surface area contributed by atoms with Gasteiger partial charge in [0.2, 0.25) is 5.91 Å². The summed E-state index contributed by atoms with van der Waals surface area (Å²) in [5.41, 5.74) is 0.658. The van der Waals surface area contributed by atoms with Crippen molar-refractivity contribution in [1.82, 2.24) is 5.32 Å². The molecular weight excluding hydrogens is 292 g/mol. The van der Waals surface area contributed by atoms with Crippen LogP contribution < -0.4 is 15.4 Å². The van der Waals surface area contributed by atoms with Crippen LogP contribution >= 0.6 is 0 Å². The van der Waals surface area contributed by atoms with Crippen LogP contribution in [0.4, 0.5) is 5.69 Å². The standard InChI is InChI=1S/C18H20N2O3/c21-18(12-15-13-19-10-11-22-15)20-16-8-4-5-9-17(16)23-14-6-2-1-3-7-14/h1-9,15,19H,10-13H2,(H,20,21). The molecule has 0 spiro atoms. The molecular formula is C18H20N2O3. The molecule has 1 heterocycles. The molecule has 1 fully saturated rings. The number of nitrogens with one attached hydrogen (secondary N) is 2. The zero-order valence-corrected chi connectivity index (χ0v) is 12.8. The van der Waals surface area contributed by atoms with Crippen molar-refractivity contribution in [2.24, 2.45) is 0 Å². The van der Waals surface area contributed by atoms with Gasteiger partial charge < -0.3 is 20.1 Å². The molecule has 23 heavy (non-hydrogen) atoms. The van der Waals surface area contributed by atoms with Gasteiger partial charge in [-0.25, -0.2) is 0 Å². The number of rotatable bonds is 5. The quantitative estimate of drug-likeness (QED) is 0.891. The number of morpholine rings is 1. The molecule has 0 radical (unpaired) electrons. The van der Waals surface area contributed by atoms with Crippen molar-refractivity contribution >= 4 is 11.6 Å². The highest BCUT2D eigenvalue weighted by atomic mass is 16.5. The van der Waals surface area contributed by atoms with E-state index < -0.39 is 0 Å². The van der Waals surface area contributed by atoms with E-state index in [4.69, 9.17) is 9.47 Å². The maximum atomic E-state index is 12.2. The van der Waals surface area contributed by atoms with Gasteiger partial charge in [-0.2, -0.15) is 0 Å². The summed E-state index contributed by atoms with van der Waals surface area (Å²) in [7, 11) is 0. The smallest absolute Gasteiger partial charge is 0.227 e. The van der Waals surface area contributed by atoms with Crippen LogP contribution in [0.3, 0.4) is 0 Å². The summed E-state index contributed by atoms with van der Waals surface area (Å²) in [5, 5.41) is 6.12. The maximum absolute atomic E-state index is 12.2. The number of amides is 1. The third kappa shape index (κ3) is 4.55. The number of hydrogen-bond donors (Lipinski definition) is 2. The fourth-order valence-electron chi connectivity index (χ4n) is 2.43. The average Bonchev–Trinajstić information content (AvgIpc) is 2.58. The molecule has 1 unspecified atom stereocenters. The molecule has 0 aromatic heterocycles. The van der Waals surface area contributed by atoms with Crippen LogP contribution in [0.2, 0.25) is 0 Å². The summed E-state index contributed by atoms with van der Waals surface area (Å²) >= 11 is 0. The first-order chi connectivity index (χ1) is 11.3. The minimum atomic E-state index is -0.0807. The number of anilines is 1. The second kappa shape index (κ2) is 7.76. The van der Waals surface area contributed by atoms with Crippen LogP contribution in [0.15, 0.2) is 54.6 Å².